The van der Waals surface area contributed by atoms with E-state index in [0.717, 1.165) is 29.5 Å². The number of hydrogen-bond donors (Lipinski definition) is 1. The third kappa shape index (κ3) is 1.35. The van der Waals surface area contributed by atoms with E-state index in [2.05, 4.69) is 10.6 Å². The summed E-state index contributed by atoms with van der Waals surface area (Å²) in [5.74, 6) is 4.36. The van der Waals surface area contributed by atoms with Crippen molar-refractivity contribution in [2.75, 3.05) is 5.73 Å². The Balaban J connectivity index is 1.72. The molecule has 0 atom stereocenters. The van der Waals surface area contributed by atoms with Gasteiger partial charge in [-0.15, -0.1) is 0 Å². The Labute approximate surface area is 108 Å². The summed E-state index contributed by atoms with van der Waals surface area (Å²) in [6, 6.07) is 4.60. The van der Waals surface area contributed by atoms with Crippen molar-refractivity contribution in [3.63, 3.8) is 0 Å². The van der Waals surface area contributed by atoms with Crippen molar-refractivity contribution in [2.45, 2.75) is 38.1 Å². The van der Waals surface area contributed by atoms with Crippen LogP contribution in [0.1, 0.15) is 43.7 Å². The smallest absolute Gasteiger partial charge is 0.104 e. The molecule has 1 aromatic rings. The summed E-state index contributed by atoms with van der Waals surface area (Å²) in [6.07, 6.45) is 9.00. The molecule has 0 radical (unpaired) electrons. The first-order chi connectivity index (χ1) is 8.74. The predicted molar refractivity (Wildman–Crippen MR) is 69.6 cm³/mol. The van der Waals surface area contributed by atoms with E-state index >= 15 is 0 Å². The van der Waals surface area contributed by atoms with Crippen molar-refractivity contribution in [2.24, 2.45) is 23.7 Å². The molecule has 4 fully saturated rings. The summed E-state index contributed by atoms with van der Waals surface area (Å²) in [5, 5.41) is 9.01. The van der Waals surface area contributed by atoms with E-state index in [1.54, 1.807) is 0 Å². The molecule has 4 aliphatic rings. The molecule has 0 aliphatic heterocycles. The Morgan fingerprint density at radius 2 is 1.72 bits per heavy atom. The van der Waals surface area contributed by atoms with Crippen LogP contribution in [-0.4, -0.2) is 4.57 Å². The van der Waals surface area contributed by atoms with Gasteiger partial charge in [0.15, 0.2) is 0 Å². The third-order valence-corrected chi connectivity index (χ3v) is 5.51. The fraction of sp³-hybridized carbons (Fsp3) is 0.667. The summed E-state index contributed by atoms with van der Waals surface area (Å²) in [5.41, 5.74) is 6.82. The number of anilines is 1. The largest absolute Gasteiger partial charge is 0.385 e. The van der Waals surface area contributed by atoms with Gasteiger partial charge in [-0.05, 0) is 61.8 Å². The van der Waals surface area contributed by atoms with E-state index in [4.69, 9.17) is 11.0 Å². The maximum atomic E-state index is 9.01. The van der Waals surface area contributed by atoms with E-state index in [-0.39, 0.29) is 0 Å². The average Bonchev–Trinajstić information content (AvgIpc) is 2.69. The number of hydrogen-bond acceptors (Lipinski definition) is 2. The van der Waals surface area contributed by atoms with Crippen LogP contribution < -0.4 is 5.73 Å². The molecule has 0 aromatic carbocycles. The normalized spacial score (nSPS) is 40.9. The maximum Gasteiger partial charge on any atom is 0.104 e. The van der Waals surface area contributed by atoms with Crippen LogP contribution in [0.2, 0.25) is 0 Å². The van der Waals surface area contributed by atoms with Gasteiger partial charge in [0.05, 0.1) is 5.56 Å². The fourth-order valence-electron chi connectivity index (χ4n) is 5.17. The lowest BCUT2D eigenvalue weighted by atomic mass is 9.54. The van der Waals surface area contributed by atoms with Crippen LogP contribution in [0.4, 0.5) is 5.82 Å². The molecule has 18 heavy (non-hydrogen) atoms. The zero-order valence-corrected chi connectivity index (χ0v) is 10.5. The van der Waals surface area contributed by atoms with Gasteiger partial charge in [-0.3, -0.25) is 0 Å². The molecule has 5 rings (SSSR count). The van der Waals surface area contributed by atoms with E-state index in [0.29, 0.717) is 11.6 Å². The van der Waals surface area contributed by atoms with Crippen molar-refractivity contribution in [1.82, 2.24) is 4.57 Å². The van der Waals surface area contributed by atoms with Gasteiger partial charge in [-0.1, -0.05) is 0 Å². The lowest BCUT2D eigenvalue weighted by Crippen LogP contribution is -2.45. The molecule has 0 amide bonds. The molecule has 94 valence electrons. The molecule has 3 nitrogen and oxygen atoms in total. The molecule has 3 heteroatoms. The molecule has 0 saturated heterocycles. The second-order valence-corrected chi connectivity index (χ2v) is 6.59. The fourth-order valence-corrected chi connectivity index (χ4v) is 5.17. The first-order valence-corrected chi connectivity index (χ1v) is 7.12. The topological polar surface area (TPSA) is 54.7 Å². The van der Waals surface area contributed by atoms with E-state index in [1.807, 2.05) is 12.3 Å². The van der Waals surface area contributed by atoms with Gasteiger partial charge in [0.1, 0.15) is 11.9 Å². The lowest BCUT2D eigenvalue weighted by molar-refractivity contribution is -0.0282. The van der Waals surface area contributed by atoms with Crippen molar-refractivity contribution in [1.29, 1.82) is 5.26 Å². The number of rotatable bonds is 1. The molecule has 4 bridgehead atoms. The van der Waals surface area contributed by atoms with Crippen molar-refractivity contribution in [3.05, 3.63) is 17.8 Å². The van der Waals surface area contributed by atoms with Gasteiger partial charge in [0.25, 0.3) is 0 Å². The second kappa shape index (κ2) is 3.54. The van der Waals surface area contributed by atoms with Crippen LogP contribution in [0.25, 0.3) is 0 Å². The van der Waals surface area contributed by atoms with Gasteiger partial charge in [0, 0.05) is 12.2 Å². The van der Waals surface area contributed by atoms with Crippen LogP contribution in [0.3, 0.4) is 0 Å². The number of nitrogen functional groups attached to an aromatic ring is 1. The summed E-state index contributed by atoms with van der Waals surface area (Å²) < 4.78 is 2.21. The van der Waals surface area contributed by atoms with Crippen LogP contribution in [-0.2, 0) is 0 Å². The summed E-state index contributed by atoms with van der Waals surface area (Å²) in [7, 11) is 0. The zero-order chi connectivity index (χ0) is 12.3. The Hall–Kier alpha value is -1.43. The molecule has 2 N–H and O–H groups in total. The first kappa shape index (κ1) is 10.5. The predicted octanol–water partition coefficient (Wildman–Crippen LogP) is 2.94. The minimum atomic E-state index is 0.569. The van der Waals surface area contributed by atoms with Crippen LogP contribution >= 0.6 is 0 Å². The number of nitrogens with zero attached hydrogens (tertiary/aromatic N) is 2. The van der Waals surface area contributed by atoms with Crippen LogP contribution in [0.5, 0.6) is 0 Å². The maximum absolute atomic E-state index is 9.01. The van der Waals surface area contributed by atoms with Gasteiger partial charge in [-0.2, -0.15) is 5.26 Å². The summed E-state index contributed by atoms with van der Waals surface area (Å²) in [6.45, 7) is 0. The number of nitrogens with two attached hydrogens (primary N) is 1. The molecule has 4 saturated carbocycles. The van der Waals surface area contributed by atoms with Gasteiger partial charge in [-0.25, -0.2) is 0 Å². The van der Waals surface area contributed by atoms with E-state index in [1.165, 1.54) is 32.1 Å². The number of aromatic nitrogens is 1. The van der Waals surface area contributed by atoms with Crippen molar-refractivity contribution >= 4 is 5.82 Å². The lowest BCUT2D eigenvalue weighted by Gasteiger charge is -2.54. The van der Waals surface area contributed by atoms with Gasteiger partial charge >= 0.3 is 0 Å². The second-order valence-electron chi connectivity index (χ2n) is 6.59. The molecule has 0 unspecified atom stereocenters. The van der Waals surface area contributed by atoms with Gasteiger partial charge < -0.3 is 10.3 Å². The average molecular weight is 241 g/mol. The molecule has 4 aliphatic carbocycles. The highest BCUT2D eigenvalue weighted by molar-refractivity contribution is 5.42. The van der Waals surface area contributed by atoms with E-state index < -0.39 is 0 Å². The quantitative estimate of drug-likeness (QED) is 0.821. The minimum Gasteiger partial charge on any atom is -0.385 e. The first-order valence-electron chi connectivity index (χ1n) is 7.12. The standard InChI is InChI=1S/C15H19N3/c16-7-11-6-14(17)18(8-11)15-12-2-9-1-10(4-12)5-13(15)3-9/h6,8-10,12-13,15H,1-5,17H2. The summed E-state index contributed by atoms with van der Waals surface area (Å²) in [4.78, 5) is 0. The Kier molecular flexibility index (Phi) is 2.06. The van der Waals surface area contributed by atoms with Crippen LogP contribution in [0, 0.1) is 35.0 Å². The number of nitriles is 1. The van der Waals surface area contributed by atoms with Crippen molar-refractivity contribution < 1.29 is 0 Å². The minimum absolute atomic E-state index is 0.569. The molecule has 1 heterocycles. The zero-order valence-electron chi connectivity index (χ0n) is 10.5. The van der Waals surface area contributed by atoms with E-state index in [9.17, 15) is 0 Å². The monoisotopic (exact) mass is 241 g/mol. The Bertz CT molecular complexity index is 494. The molecular weight excluding hydrogens is 222 g/mol. The Morgan fingerprint density at radius 1 is 1.11 bits per heavy atom. The SMILES string of the molecule is N#Cc1cc(N)n(C2C3CC4CC(C3)CC2C4)c1. The van der Waals surface area contributed by atoms with Gasteiger partial charge in [0.2, 0.25) is 0 Å². The molecule has 1 aromatic heterocycles. The highest BCUT2D eigenvalue weighted by Crippen LogP contribution is 2.58. The molecular formula is C15H19N3. The van der Waals surface area contributed by atoms with Crippen LogP contribution in [0.15, 0.2) is 12.3 Å². The Morgan fingerprint density at radius 3 is 2.22 bits per heavy atom. The highest BCUT2D eigenvalue weighted by Gasteiger charge is 2.49. The highest BCUT2D eigenvalue weighted by atomic mass is 15.1. The molecule has 0 spiro atoms. The van der Waals surface area contributed by atoms with Crippen molar-refractivity contribution in [3.8, 4) is 6.07 Å². The third-order valence-electron chi connectivity index (χ3n) is 5.51. The summed E-state index contributed by atoms with van der Waals surface area (Å²) >= 11 is 0.